The number of fused-ring (bicyclic) bond motifs is 2. The fourth-order valence-electron chi connectivity index (χ4n) is 4.44. The van der Waals surface area contributed by atoms with Crippen molar-refractivity contribution in [3.8, 4) is 0 Å². The molecule has 0 aromatic rings. The summed E-state index contributed by atoms with van der Waals surface area (Å²) in [5.74, 6) is -2.86. The lowest BCUT2D eigenvalue weighted by Crippen LogP contribution is -2.49. The Labute approximate surface area is 152 Å². The first kappa shape index (κ1) is 18.6. The van der Waals surface area contributed by atoms with Crippen LogP contribution in [0.15, 0.2) is 36.0 Å². The molecule has 6 nitrogen and oxygen atoms in total. The molecule has 7 atom stereocenters. The zero-order chi connectivity index (χ0) is 19.4. The maximum absolute atomic E-state index is 12.8. The summed E-state index contributed by atoms with van der Waals surface area (Å²) in [5.41, 5.74) is -0.576. The van der Waals surface area contributed by atoms with Crippen LogP contribution in [0.2, 0.25) is 0 Å². The molecule has 26 heavy (non-hydrogen) atoms. The highest BCUT2D eigenvalue weighted by Crippen LogP contribution is 2.54. The summed E-state index contributed by atoms with van der Waals surface area (Å²) in [6.45, 7) is 10.7. The topological polar surface area (TPSA) is 89.9 Å². The summed E-state index contributed by atoms with van der Waals surface area (Å²) < 4.78 is 11.1. The zero-order valence-electron chi connectivity index (χ0n) is 15.4. The number of ketones is 1. The number of hydrogen-bond acceptors (Lipinski definition) is 6. The summed E-state index contributed by atoms with van der Waals surface area (Å²) in [6.07, 6.45) is 2.00. The van der Waals surface area contributed by atoms with E-state index in [0.717, 1.165) is 0 Å². The first-order chi connectivity index (χ1) is 12.1. The highest BCUT2D eigenvalue weighted by Gasteiger charge is 2.64. The van der Waals surface area contributed by atoms with Crippen molar-refractivity contribution in [3.63, 3.8) is 0 Å². The predicted molar refractivity (Wildman–Crippen MR) is 92.7 cm³/mol. The van der Waals surface area contributed by atoms with Crippen LogP contribution >= 0.6 is 0 Å². The van der Waals surface area contributed by atoms with Gasteiger partial charge in [0, 0.05) is 11.1 Å². The lowest BCUT2D eigenvalue weighted by Gasteiger charge is -2.39. The van der Waals surface area contributed by atoms with Crippen LogP contribution in [-0.4, -0.2) is 41.1 Å². The summed E-state index contributed by atoms with van der Waals surface area (Å²) in [5, 5.41) is 10.8. The maximum atomic E-state index is 12.8. The Balaban J connectivity index is 2.14. The van der Waals surface area contributed by atoms with Gasteiger partial charge in [-0.2, -0.15) is 0 Å². The van der Waals surface area contributed by atoms with E-state index in [-0.39, 0.29) is 23.2 Å². The molecule has 1 saturated carbocycles. The van der Waals surface area contributed by atoms with E-state index in [9.17, 15) is 19.5 Å². The monoisotopic (exact) mass is 360 g/mol. The Morgan fingerprint density at radius 2 is 2.08 bits per heavy atom. The molecule has 1 saturated heterocycles. The first-order valence-electron chi connectivity index (χ1n) is 8.79. The highest BCUT2D eigenvalue weighted by molar-refractivity contribution is 5.99. The Bertz CT molecular complexity index is 747. The minimum Gasteiger partial charge on any atom is -0.457 e. The standard InChI is InChI=1S/C20H24O6/c1-6-9(2)18(23)26-17-14-11(4)19(24)25-16(14)15(22)10(3)12-7-8-13(21)20(12,17)5/h6-8,10,12,14-17,22H,4H2,1-3,5H3/b9-6+/t10-,12-,14+,15-,16+,17-,20-/m1/s1. The normalized spacial score (nSPS) is 42.2. The quantitative estimate of drug-likeness (QED) is 0.596. The molecule has 0 unspecified atom stereocenters. The summed E-state index contributed by atoms with van der Waals surface area (Å²) in [6, 6.07) is 0. The van der Waals surface area contributed by atoms with Gasteiger partial charge >= 0.3 is 11.9 Å². The fraction of sp³-hybridized carbons (Fsp3) is 0.550. The molecule has 0 aromatic heterocycles. The largest absolute Gasteiger partial charge is 0.457 e. The number of hydrogen-bond donors (Lipinski definition) is 1. The van der Waals surface area contributed by atoms with Crippen LogP contribution in [0, 0.1) is 23.2 Å². The van der Waals surface area contributed by atoms with Crippen molar-refractivity contribution in [2.24, 2.45) is 23.2 Å². The number of rotatable bonds is 2. The van der Waals surface area contributed by atoms with Crippen LogP contribution in [0.3, 0.4) is 0 Å². The molecule has 1 heterocycles. The number of carbonyl (C=O) groups excluding carboxylic acids is 3. The van der Waals surface area contributed by atoms with Crippen LogP contribution in [0.5, 0.6) is 0 Å². The molecular formula is C20H24O6. The van der Waals surface area contributed by atoms with Gasteiger partial charge in [0.1, 0.15) is 12.2 Å². The van der Waals surface area contributed by atoms with Crippen LogP contribution in [0.1, 0.15) is 27.7 Å². The van der Waals surface area contributed by atoms with Gasteiger partial charge in [0.05, 0.1) is 17.4 Å². The van der Waals surface area contributed by atoms with Crippen molar-refractivity contribution >= 4 is 17.7 Å². The van der Waals surface area contributed by atoms with Crippen molar-refractivity contribution in [1.82, 2.24) is 0 Å². The molecule has 0 spiro atoms. The third kappa shape index (κ3) is 2.39. The van der Waals surface area contributed by atoms with E-state index in [1.165, 1.54) is 6.08 Å². The van der Waals surface area contributed by atoms with Gasteiger partial charge in [-0.15, -0.1) is 0 Å². The highest BCUT2D eigenvalue weighted by atomic mass is 16.6. The van der Waals surface area contributed by atoms with Gasteiger partial charge in [-0.25, -0.2) is 9.59 Å². The number of allylic oxidation sites excluding steroid dienone is 3. The predicted octanol–water partition coefficient (Wildman–Crippen LogP) is 1.73. The molecule has 0 radical (unpaired) electrons. The van der Waals surface area contributed by atoms with Gasteiger partial charge in [-0.1, -0.05) is 25.7 Å². The average molecular weight is 360 g/mol. The third-order valence-corrected chi connectivity index (χ3v) is 6.29. The minimum absolute atomic E-state index is 0.124. The molecule has 1 aliphatic heterocycles. The van der Waals surface area contributed by atoms with Crippen molar-refractivity contribution in [2.45, 2.75) is 46.0 Å². The molecule has 140 valence electrons. The van der Waals surface area contributed by atoms with Gasteiger partial charge in [-0.05, 0) is 38.7 Å². The van der Waals surface area contributed by atoms with Crippen molar-refractivity contribution < 1.29 is 29.0 Å². The third-order valence-electron chi connectivity index (χ3n) is 6.29. The van der Waals surface area contributed by atoms with Crippen molar-refractivity contribution in [3.05, 3.63) is 36.0 Å². The summed E-state index contributed by atoms with van der Waals surface area (Å²) >= 11 is 0. The lowest BCUT2D eigenvalue weighted by atomic mass is 9.67. The molecule has 2 fully saturated rings. The molecule has 0 aromatic carbocycles. The van der Waals surface area contributed by atoms with Crippen LogP contribution < -0.4 is 0 Å². The molecule has 2 aliphatic carbocycles. The van der Waals surface area contributed by atoms with E-state index in [1.807, 2.05) is 6.92 Å². The van der Waals surface area contributed by atoms with Gasteiger partial charge in [0.25, 0.3) is 0 Å². The second-order valence-electron chi connectivity index (χ2n) is 7.60. The molecule has 6 heteroatoms. The Morgan fingerprint density at radius 3 is 2.69 bits per heavy atom. The first-order valence-corrected chi connectivity index (χ1v) is 8.79. The van der Waals surface area contributed by atoms with Gasteiger partial charge < -0.3 is 14.6 Å². The Hall–Kier alpha value is -2.21. The van der Waals surface area contributed by atoms with Gasteiger partial charge in [0.2, 0.25) is 0 Å². The minimum atomic E-state index is -1.10. The maximum Gasteiger partial charge on any atom is 0.334 e. The number of esters is 2. The molecule has 0 amide bonds. The van der Waals surface area contributed by atoms with E-state index in [2.05, 4.69) is 6.58 Å². The van der Waals surface area contributed by atoms with E-state index in [0.29, 0.717) is 5.57 Å². The molecule has 3 aliphatic rings. The number of carbonyl (C=O) groups is 3. The second-order valence-corrected chi connectivity index (χ2v) is 7.60. The van der Waals surface area contributed by atoms with Gasteiger partial charge in [0.15, 0.2) is 5.78 Å². The Kier molecular flexibility index (Phi) is 4.43. The van der Waals surface area contributed by atoms with Crippen molar-refractivity contribution in [2.75, 3.05) is 0 Å². The van der Waals surface area contributed by atoms with Gasteiger partial charge in [-0.3, -0.25) is 4.79 Å². The lowest BCUT2D eigenvalue weighted by molar-refractivity contribution is -0.161. The number of aliphatic hydroxyl groups excluding tert-OH is 1. The van der Waals surface area contributed by atoms with E-state index in [1.54, 1.807) is 32.9 Å². The SMILES string of the molecule is C=C1C(=O)O[C@@H]2[C@H](O)[C@H](C)[C@H]3C=CC(=O)[C@]3(C)[C@H](OC(=O)/C(C)=C/C)[C@@H]12. The second kappa shape index (κ2) is 6.20. The molecule has 3 rings (SSSR count). The van der Waals surface area contributed by atoms with Crippen LogP contribution in [-0.2, 0) is 23.9 Å². The van der Waals surface area contributed by atoms with E-state index < -0.39 is 41.6 Å². The molecule has 1 N–H and O–H groups in total. The van der Waals surface area contributed by atoms with Crippen LogP contribution in [0.4, 0.5) is 0 Å². The molecular weight excluding hydrogens is 336 g/mol. The Morgan fingerprint density at radius 1 is 1.42 bits per heavy atom. The average Bonchev–Trinajstić information content (AvgIpc) is 3.06. The number of ether oxygens (including phenoxy) is 2. The zero-order valence-corrected chi connectivity index (χ0v) is 15.4. The van der Waals surface area contributed by atoms with E-state index >= 15 is 0 Å². The molecule has 0 bridgehead atoms. The fourth-order valence-corrected chi connectivity index (χ4v) is 4.44. The van der Waals surface area contributed by atoms with Crippen LogP contribution in [0.25, 0.3) is 0 Å². The number of aliphatic hydroxyl groups is 1. The summed E-state index contributed by atoms with van der Waals surface area (Å²) in [7, 11) is 0. The summed E-state index contributed by atoms with van der Waals surface area (Å²) in [4.78, 5) is 37.4. The van der Waals surface area contributed by atoms with E-state index in [4.69, 9.17) is 9.47 Å². The van der Waals surface area contributed by atoms with Crippen molar-refractivity contribution in [1.29, 1.82) is 0 Å². The smallest absolute Gasteiger partial charge is 0.334 e.